The lowest BCUT2D eigenvalue weighted by Gasteiger charge is -2.44. The number of aliphatic hydroxyl groups is 1. The number of hydrogen-bond acceptors (Lipinski definition) is 6. The highest BCUT2D eigenvalue weighted by molar-refractivity contribution is 5.88. The first-order valence-corrected chi connectivity index (χ1v) is 12.1. The van der Waals surface area contributed by atoms with Crippen LogP contribution in [0.3, 0.4) is 0 Å². The Labute approximate surface area is 215 Å². The van der Waals surface area contributed by atoms with E-state index in [-0.39, 0.29) is 31.8 Å². The zero-order valence-corrected chi connectivity index (χ0v) is 21.5. The highest BCUT2D eigenvalue weighted by Gasteiger charge is 2.46. The number of hydrogen-bond donors (Lipinski definition) is 3. The van der Waals surface area contributed by atoms with E-state index in [1.165, 1.54) is 17.9 Å². The number of aliphatic hydroxyl groups excluding tert-OH is 1. The third-order valence-corrected chi connectivity index (χ3v) is 5.88. The minimum atomic E-state index is -1.56. The second kappa shape index (κ2) is 11.6. The van der Waals surface area contributed by atoms with Crippen molar-refractivity contribution in [1.29, 1.82) is 0 Å². The van der Waals surface area contributed by atoms with Crippen molar-refractivity contribution in [3.05, 3.63) is 65.5 Å². The van der Waals surface area contributed by atoms with Crippen molar-refractivity contribution in [1.82, 2.24) is 15.1 Å². The molecule has 2 aromatic carbocycles. The number of carbonyl (C=O) groups excluding carboxylic acids is 3. The fourth-order valence-corrected chi connectivity index (χ4v) is 4.36. The number of rotatable bonds is 7. The van der Waals surface area contributed by atoms with E-state index in [4.69, 9.17) is 4.74 Å². The average molecular weight is 516 g/mol. The highest BCUT2D eigenvalue weighted by atomic mass is 19.1. The van der Waals surface area contributed by atoms with Crippen LogP contribution in [0.4, 0.5) is 9.18 Å². The number of carbonyl (C=O) groups is 3. The largest absolute Gasteiger partial charge is 0.508 e. The Balaban J connectivity index is 1.95. The number of ether oxygens (including phenoxy) is 1. The van der Waals surface area contributed by atoms with Gasteiger partial charge in [-0.2, -0.15) is 0 Å². The maximum Gasteiger partial charge on any atom is 0.411 e. The molecule has 1 fully saturated rings. The van der Waals surface area contributed by atoms with Crippen molar-refractivity contribution in [2.75, 3.05) is 13.1 Å². The average Bonchev–Trinajstić information content (AvgIpc) is 2.78. The monoisotopic (exact) mass is 515 g/mol. The van der Waals surface area contributed by atoms with E-state index in [0.717, 1.165) is 17.7 Å². The molecule has 0 bridgehead atoms. The van der Waals surface area contributed by atoms with E-state index < -0.39 is 47.5 Å². The Hall–Kier alpha value is -3.66. The van der Waals surface area contributed by atoms with Crippen LogP contribution in [0.1, 0.15) is 38.8 Å². The third-order valence-electron chi connectivity index (χ3n) is 5.88. The van der Waals surface area contributed by atoms with Crippen LogP contribution in [0.2, 0.25) is 0 Å². The van der Waals surface area contributed by atoms with Gasteiger partial charge in [-0.3, -0.25) is 14.5 Å². The molecule has 10 heteroatoms. The topological polar surface area (TPSA) is 119 Å². The molecule has 1 aliphatic heterocycles. The number of nitrogens with one attached hydrogen (secondary N) is 1. The second-order valence-electron chi connectivity index (χ2n) is 10.2. The van der Waals surface area contributed by atoms with Gasteiger partial charge in [0.05, 0.1) is 6.04 Å². The Bertz CT molecular complexity index is 1100. The third kappa shape index (κ3) is 7.66. The number of aromatic hydroxyl groups is 1. The molecule has 37 heavy (non-hydrogen) atoms. The Morgan fingerprint density at radius 2 is 1.81 bits per heavy atom. The number of piperazine rings is 1. The summed E-state index contributed by atoms with van der Waals surface area (Å²) in [6.07, 6.45) is -2.43. The van der Waals surface area contributed by atoms with Gasteiger partial charge in [0.2, 0.25) is 11.8 Å². The molecule has 3 N–H and O–H groups in total. The molecule has 1 saturated heterocycles. The van der Waals surface area contributed by atoms with Crippen LogP contribution >= 0.6 is 0 Å². The first kappa shape index (κ1) is 27.9. The Morgan fingerprint density at radius 3 is 2.41 bits per heavy atom. The normalized spacial score (nSPS) is 17.8. The molecule has 0 spiro atoms. The van der Waals surface area contributed by atoms with Gasteiger partial charge in [-0.05, 0) is 50.5 Å². The molecular formula is C27H34FN3O6. The number of amides is 3. The van der Waals surface area contributed by atoms with Gasteiger partial charge in [0.15, 0.2) is 0 Å². The summed E-state index contributed by atoms with van der Waals surface area (Å²) in [4.78, 5) is 41.5. The SMILES string of the molecule is CC(=O)N[C@@H](Cc1cc(O)cc(F)c1)C(O)C1C(=O)N(Cc2ccccc2)CCN1C(=O)OC(C)(C)C. The maximum atomic E-state index is 13.9. The molecular weight excluding hydrogens is 481 g/mol. The van der Waals surface area contributed by atoms with Crippen molar-refractivity contribution in [2.45, 2.75) is 64.4 Å². The molecule has 2 aromatic rings. The summed E-state index contributed by atoms with van der Waals surface area (Å²) < 4.78 is 19.4. The Morgan fingerprint density at radius 1 is 1.14 bits per heavy atom. The quantitative estimate of drug-likeness (QED) is 0.522. The fourth-order valence-electron chi connectivity index (χ4n) is 4.36. The molecule has 3 amide bonds. The maximum absolute atomic E-state index is 13.9. The Kier molecular flexibility index (Phi) is 8.75. The van der Waals surface area contributed by atoms with Gasteiger partial charge >= 0.3 is 6.09 Å². The lowest BCUT2D eigenvalue weighted by Crippen LogP contribution is -2.66. The van der Waals surface area contributed by atoms with Gasteiger partial charge < -0.3 is 25.2 Å². The first-order chi connectivity index (χ1) is 17.3. The number of nitrogens with zero attached hydrogens (tertiary/aromatic N) is 2. The van der Waals surface area contributed by atoms with E-state index in [1.807, 2.05) is 30.3 Å². The van der Waals surface area contributed by atoms with Gasteiger partial charge in [-0.25, -0.2) is 9.18 Å². The van der Waals surface area contributed by atoms with E-state index in [2.05, 4.69) is 5.32 Å². The first-order valence-electron chi connectivity index (χ1n) is 12.1. The van der Waals surface area contributed by atoms with Crippen LogP contribution in [0, 0.1) is 5.82 Å². The van der Waals surface area contributed by atoms with Crippen LogP contribution in [-0.2, 0) is 27.3 Å². The fraction of sp³-hybridized carbons (Fsp3) is 0.444. The molecule has 0 saturated carbocycles. The second-order valence-corrected chi connectivity index (χ2v) is 10.2. The van der Waals surface area contributed by atoms with Crippen LogP contribution in [-0.4, -0.2) is 74.8 Å². The summed E-state index contributed by atoms with van der Waals surface area (Å²) in [6, 6.07) is 10.3. The lowest BCUT2D eigenvalue weighted by molar-refractivity contribution is -0.149. The van der Waals surface area contributed by atoms with Gasteiger partial charge in [-0.15, -0.1) is 0 Å². The van der Waals surface area contributed by atoms with Crippen molar-refractivity contribution in [2.24, 2.45) is 0 Å². The van der Waals surface area contributed by atoms with E-state index >= 15 is 0 Å². The van der Waals surface area contributed by atoms with Gasteiger partial charge in [0.1, 0.15) is 29.3 Å². The molecule has 1 heterocycles. The lowest BCUT2D eigenvalue weighted by atomic mass is 9.93. The predicted octanol–water partition coefficient (Wildman–Crippen LogP) is 2.59. The summed E-state index contributed by atoms with van der Waals surface area (Å²) >= 11 is 0. The van der Waals surface area contributed by atoms with Gasteiger partial charge in [-0.1, -0.05) is 30.3 Å². The predicted molar refractivity (Wildman–Crippen MR) is 134 cm³/mol. The molecule has 2 unspecified atom stereocenters. The molecule has 0 aromatic heterocycles. The summed E-state index contributed by atoms with van der Waals surface area (Å²) in [5.74, 6) is -2.00. The molecule has 0 aliphatic carbocycles. The van der Waals surface area contributed by atoms with Crippen molar-refractivity contribution in [3.63, 3.8) is 0 Å². The number of phenols is 1. The van der Waals surface area contributed by atoms with Crippen LogP contribution < -0.4 is 5.32 Å². The smallest absolute Gasteiger partial charge is 0.411 e. The molecule has 3 rings (SSSR count). The number of benzene rings is 2. The van der Waals surface area contributed by atoms with E-state index in [9.17, 15) is 29.0 Å². The molecule has 9 nitrogen and oxygen atoms in total. The number of phenolic OH excluding ortho intramolecular Hbond substituents is 1. The zero-order chi connectivity index (χ0) is 27.3. The minimum absolute atomic E-state index is 0.1000. The summed E-state index contributed by atoms with van der Waals surface area (Å²) in [5, 5.41) is 23.9. The van der Waals surface area contributed by atoms with E-state index in [0.29, 0.717) is 5.56 Å². The van der Waals surface area contributed by atoms with Crippen molar-refractivity contribution in [3.8, 4) is 5.75 Å². The van der Waals surface area contributed by atoms with Crippen molar-refractivity contribution >= 4 is 17.9 Å². The number of halogens is 1. The van der Waals surface area contributed by atoms with Crippen LogP contribution in [0.25, 0.3) is 0 Å². The van der Waals surface area contributed by atoms with E-state index in [1.54, 1.807) is 25.7 Å². The summed E-state index contributed by atoms with van der Waals surface area (Å²) in [7, 11) is 0. The zero-order valence-electron chi connectivity index (χ0n) is 21.5. The molecule has 0 radical (unpaired) electrons. The standard InChI is InChI=1S/C27H34FN3O6/c1-17(32)29-22(14-19-12-20(28)15-21(33)13-19)24(34)23-25(35)30(16-18-8-6-5-7-9-18)10-11-31(23)26(36)37-27(2,3)4/h5-9,12-13,15,22-24,33-34H,10-11,14,16H2,1-4H3,(H,29,32)/t22-,23?,24?/m0/s1. The van der Waals surface area contributed by atoms with Gasteiger partial charge in [0, 0.05) is 32.6 Å². The summed E-state index contributed by atoms with van der Waals surface area (Å²) in [5.41, 5.74) is 0.333. The van der Waals surface area contributed by atoms with Crippen LogP contribution in [0.5, 0.6) is 5.75 Å². The minimum Gasteiger partial charge on any atom is -0.508 e. The van der Waals surface area contributed by atoms with Crippen molar-refractivity contribution < 1.29 is 33.7 Å². The van der Waals surface area contributed by atoms with Gasteiger partial charge in [0.25, 0.3) is 0 Å². The molecule has 3 atom stereocenters. The molecule has 1 aliphatic rings. The molecule has 200 valence electrons. The highest BCUT2D eigenvalue weighted by Crippen LogP contribution is 2.24. The van der Waals surface area contributed by atoms with Crippen LogP contribution in [0.15, 0.2) is 48.5 Å². The summed E-state index contributed by atoms with van der Waals surface area (Å²) in [6.45, 7) is 6.93.